The molecule has 1 aliphatic rings. The maximum Gasteiger partial charge on any atom is 0.300 e. The van der Waals surface area contributed by atoms with E-state index in [0.717, 1.165) is 22.4 Å². The lowest BCUT2D eigenvalue weighted by Crippen LogP contribution is -2.43. The summed E-state index contributed by atoms with van der Waals surface area (Å²) in [6.07, 6.45) is 3.29. The predicted octanol–water partition coefficient (Wildman–Crippen LogP) is 4.63. The number of amides is 2. The SMILES string of the molecule is Cc1cccc2c1N(C(C(=O)NCc1cccc(Cl)c1)c1ccc(-c3cnc[nH]3)cc1)C(=O)C2=O. The minimum atomic E-state index is -1.04. The molecule has 35 heavy (non-hydrogen) atoms. The van der Waals surface area contributed by atoms with Gasteiger partial charge in [0.1, 0.15) is 6.04 Å². The first kappa shape index (κ1) is 22.6. The van der Waals surface area contributed by atoms with Gasteiger partial charge in [-0.15, -0.1) is 0 Å². The number of ketones is 1. The Morgan fingerprint density at radius 3 is 2.57 bits per heavy atom. The Balaban J connectivity index is 1.54. The number of H-pyrrole nitrogens is 1. The number of nitrogens with one attached hydrogen (secondary N) is 2. The zero-order valence-electron chi connectivity index (χ0n) is 18.8. The molecule has 4 aromatic rings. The van der Waals surface area contributed by atoms with Gasteiger partial charge in [-0.1, -0.05) is 60.1 Å². The highest BCUT2D eigenvalue weighted by Crippen LogP contribution is 2.39. The van der Waals surface area contributed by atoms with Crippen LogP contribution in [0.2, 0.25) is 5.02 Å². The summed E-state index contributed by atoms with van der Waals surface area (Å²) in [6, 6.07) is 18.6. The topological polar surface area (TPSA) is 95.2 Å². The highest BCUT2D eigenvalue weighted by Gasteiger charge is 2.44. The van der Waals surface area contributed by atoms with Gasteiger partial charge in [-0.3, -0.25) is 19.3 Å². The molecule has 8 heteroatoms. The third-order valence-electron chi connectivity index (χ3n) is 6.03. The number of benzene rings is 3. The average molecular weight is 485 g/mol. The van der Waals surface area contributed by atoms with Gasteiger partial charge in [0, 0.05) is 11.6 Å². The van der Waals surface area contributed by atoms with Gasteiger partial charge in [0.2, 0.25) is 5.91 Å². The Morgan fingerprint density at radius 2 is 1.86 bits per heavy atom. The van der Waals surface area contributed by atoms with E-state index >= 15 is 0 Å². The Morgan fingerprint density at radius 1 is 1.09 bits per heavy atom. The van der Waals surface area contributed by atoms with Gasteiger partial charge in [-0.2, -0.15) is 0 Å². The van der Waals surface area contributed by atoms with E-state index < -0.39 is 23.6 Å². The second kappa shape index (κ2) is 9.19. The second-order valence-corrected chi connectivity index (χ2v) is 8.75. The van der Waals surface area contributed by atoms with Crippen LogP contribution < -0.4 is 10.2 Å². The summed E-state index contributed by atoms with van der Waals surface area (Å²) in [7, 11) is 0. The fourth-order valence-electron chi connectivity index (χ4n) is 4.34. The number of carbonyl (C=O) groups excluding carboxylic acids is 3. The van der Waals surface area contributed by atoms with Crippen LogP contribution in [0.25, 0.3) is 11.3 Å². The summed E-state index contributed by atoms with van der Waals surface area (Å²) >= 11 is 6.08. The summed E-state index contributed by atoms with van der Waals surface area (Å²) in [4.78, 5) is 48.0. The van der Waals surface area contributed by atoms with Gasteiger partial charge < -0.3 is 10.3 Å². The lowest BCUT2D eigenvalue weighted by atomic mass is 10.0. The molecule has 0 saturated heterocycles. The number of anilines is 1. The van der Waals surface area contributed by atoms with Crippen molar-refractivity contribution in [2.24, 2.45) is 0 Å². The maximum absolute atomic E-state index is 13.6. The third-order valence-corrected chi connectivity index (χ3v) is 6.27. The predicted molar refractivity (Wildman–Crippen MR) is 133 cm³/mol. The van der Waals surface area contributed by atoms with Crippen molar-refractivity contribution in [2.75, 3.05) is 4.90 Å². The Bertz CT molecular complexity index is 1430. The Hall–Kier alpha value is -4.23. The normalized spacial score (nSPS) is 13.6. The van der Waals surface area contributed by atoms with Crippen molar-refractivity contribution in [3.63, 3.8) is 0 Å². The fourth-order valence-corrected chi connectivity index (χ4v) is 4.56. The number of carbonyl (C=O) groups is 3. The van der Waals surface area contributed by atoms with Crippen LogP contribution in [0, 0.1) is 6.92 Å². The van der Waals surface area contributed by atoms with E-state index in [0.29, 0.717) is 21.8 Å². The van der Waals surface area contributed by atoms with E-state index in [1.165, 1.54) is 4.90 Å². The monoisotopic (exact) mass is 484 g/mol. The number of fused-ring (bicyclic) bond motifs is 1. The second-order valence-electron chi connectivity index (χ2n) is 8.31. The first-order valence-electron chi connectivity index (χ1n) is 11.0. The van der Waals surface area contributed by atoms with Crippen LogP contribution in [0.1, 0.15) is 33.1 Å². The lowest BCUT2D eigenvalue weighted by Gasteiger charge is -2.28. The zero-order chi connectivity index (χ0) is 24.5. The molecule has 2 amide bonds. The number of aromatic amines is 1. The molecule has 174 valence electrons. The smallest absolute Gasteiger partial charge is 0.300 e. The van der Waals surface area contributed by atoms with Crippen LogP contribution in [0.15, 0.2) is 79.3 Å². The molecule has 0 fully saturated rings. The summed E-state index contributed by atoms with van der Waals surface area (Å²) in [5, 5.41) is 3.47. The molecule has 1 aromatic heterocycles. The number of hydrogen-bond acceptors (Lipinski definition) is 4. The molecule has 0 radical (unpaired) electrons. The van der Waals surface area contributed by atoms with E-state index in [4.69, 9.17) is 11.6 Å². The number of rotatable bonds is 6. The summed E-state index contributed by atoms with van der Waals surface area (Å²) in [6.45, 7) is 2.04. The lowest BCUT2D eigenvalue weighted by molar-refractivity contribution is -0.125. The van der Waals surface area contributed by atoms with Gasteiger partial charge in [-0.25, -0.2) is 4.98 Å². The van der Waals surface area contributed by atoms with Gasteiger partial charge >= 0.3 is 5.91 Å². The molecule has 2 heterocycles. The van der Waals surface area contributed by atoms with E-state index in [9.17, 15) is 14.4 Å². The van der Waals surface area contributed by atoms with Crippen LogP contribution in [-0.4, -0.2) is 27.6 Å². The number of imidazole rings is 1. The van der Waals surface area contributed by atoms with Crippen LogP contribution in [-0.2, 0) is 16.1 Å². The molecule has 2 N–H and O–H groups in total. The molecule has 0 bridgehead atoms. The van der Waals surface area contributed by atoms with E-state index in [1.54, 1.807) is 55.0 Å². The van der Waals surface area contributed by atoms with Crippen LogP contribution in [0.3, 0.4) is 0 Å². The molecular formula is C27H21ClN4O3. The minimum Gasteiger partial charge on any atom is -0.350 e. The molecule has 1 unspecified atom stereocenters. The molecule has 3 aromatic carbocycles. The van der Waals surface area contributed by atoms with E-state index in [1.807, 2.05) is 31.2 Å². The number of aryl methyl sites for hydroxylation is 1. The van der Waals surface area contributed by atoms with Crippen LogP contribution >= 0.6 is 11.6 Å². The molecule has 1 atom stereocenters. The van der Waals surface area contributed by atoms with Gasteiger partial charge in [0.15, 0.2) is 0 Å². The first-order valence-corrected chi connectivity index (χ1v) is 11.4. The molecule has 0 saturated carbocycles. The molecular weight excluding hydrogens is 464 g/mol. The zero-order valence-corrected chi connectivity index (χ0v) is 19.5. The van der Waals surface area contributed by atoms with Gasteiger partial charge in [-0.05, 0) is 47.4 Å². The Kier molecular flexibility index (Phi) is 5.93. The summed E-state index contributed by atoms with van der Waals surface area (Å²) < 4.78 is 0. The molecule has 5 rings (SSSR count). The maximum atomic E-state index is 13.6. The number of aromatic nitrogens is 2. The third kappa shape index (κ3) is 4.22. The molecule has 0 spiro atoms. The Labute approximate surface area is 206 Å². The largest absolute Gasteiger partial charge is 0.350 e. The minimum absolute atomic E-state index is 0.221. The fraction of sp³-hybridized carbons (Fsp3) is 0.111. The number of para-hydroxylation sites is 1. The van der Waals surface area contributed by atoms with Crippen molar-refractivity contribution in [3.8, 4) is 11.3 Å². The highest BCUT2D eigenvalue weighted by atomic mass is 35.5. The standard InChI is InChI=1S/C27H21ClN4O3/c1-16-4-2-7-21-23(16)32(27(35)25(21)33)24(26(34)30-13-17-5-3-6-20(28)12-17)19-10-8-18(9-11-19)22-14-29-15-31-22/h2-12,14-15,24H,13H2,1H3,(H,29,31)(H,30,34). The van der Waals surface area contributed by atoms with Gasteiger partial charge in [0.05, 0.1) is 29.5 Å². The average Bonchev–Trinajstić information content (AvgIpc) is 3.48. The van der Waals surface area contributed by atoms with Crippen LogP contribution in [0.4, 0.5) is 5.69 Å². The van der Waals surface area contributed by atoms with Crippen molar-refractivity contribution in [2.45, 2.75) is 19.5 Å². The molecule has 7 nitrogen and oxygen atoms in total. The van der Waals surface area contributed by atoms with E-state index in [-0.39, 0.29) is 6.54 Å². The molecule has 0 aliphatic carbocycles. The van der Waals surface area contributed by atoms with Gasteiger partial charge in [0.25, 0.3) is 5.78 Å². The van der Waals surface area contributed by atoms with Crippen molar-refractivity contribution >= 4 is 34.9 Å². The van der Waals surface area contributed by atoms with Crippen molar-refractivity contribution in [1.29, 1.82) is 0 Å². The number of halogens is 1. The highest BCUT2D eigenvalue weighted by molar-refractivity contribution is 6.53. The summed E-state index contributed by atoms with van der Waals surface area (Å²) in [5.74, 6) is -1.75. The number of Topliss-reactive ketones (excluding diaryl/α,β-unsaturated/α-hetero) is 1. The number of hydrogen-bond donors (Lipinski definition) is 2. The summed E-state index contributed by atoms with van der Waals surface area (Å²) in [5.41, 5.74) is 4.61. The number of nitrogens with zero attached hydrogens (tertiary/aromatic N) is 2. The van der Waals surface area contributed by atoms with Crippen molar-refractivity contribution in [3.05, 3.63) is 107 Å². The first-order chi connectivity index (χ1) is 16.9. The van der Waals surface area contributed by atoms with E-state index in [2.05, 4.69) is 15.3 Å². The molecule has 1 aliphatic heterocycles. The van der Waals surface area contributed by atoms with Crippen LogP contribution in [0.5, 0.6) is 0 Å². The quantitative estimate of drug-likeness (QED) is 0.390. The van der Waals surface area contributed by atoms with Crippen molar-refractivity contribution in [1.82, 2.24) is 15.3 Å². The van der Waals surface area contributed by atoms with Crippen molar-refractivity contribution < 1.29 is 14.4 Å².